The molecule has 0 saturated carbocycles. The highest BCUT2D eigenvalue weighted by Gasteiger charge is 2.24. The summed E-state index contributed by atoms with van der Waals surface area (Å²) in [4.78, 5) is 0. The summed E-state index contributed by atoms with van der Waals surface area (Å²) < 4.78 is 0. The van der Waals surface area contributed by atoms with Crippen LogP contribution in [0.4, 0.5) is 0 Å². The minimum Gasteiger partial charge on any atom is -0.385 e. The number of benzene rings is 1. The molecule has 1 saturated heterocycles. The van der Waals surface area contributed by atoms with E-state index in [1.807, 2.05) is 49.0 Å². The lowest BCUT2D eigenvalue weighted by Gasteiger charge is -2.29. The summed E-state index contributed by atoms with van der Waals surface area (Å²) in [5.41, 5.74) is 0.303. The zero-order chi connectivity index (χ0) is 11.4. The van der Waals surface area contributed by atoms with Gasteiger partial charge in [0, 0.05) is 5.75 Å². The Balaban J connectivity index is 1.82. The third-order valence-electron chi connectivity index (χ3n) is 3.00. The minimum atomic E-state index is -0.705. The van der Waals surface area contributed by atoms with Crippen molar-refractivity contribution in [3.05, 3.63) is 35.9 Å². The number of hydrogen-bond acceptors (Lipinski definition) is 3. The maximum atomic E-state index is 10.4. The van der Waals surface area contributed by atoms with Crippen LogP contribution in [0.2, 0.25) is 0 Å². The summed E-state index contributed by atoms with van der Waals surface area (Å²) in [6, 6.07) is 9.91. The van der Waals surface area contributed by atoms with E-state index >= 15 is 0 Å². The fourth-order valence-corrected chi connectivity index (χ4v) is 3.02. The molecule has 88 valence electrons. The molecule has 1 fully saturated rings. The topological polar surface area (TPSA) is 32.3 Å². The van der Waals surface area contributed by atoms with Crippen molar-refractivity contribution in [2.45, 2.75) is 12.5 Å². The van der Waals surface area contributed by atoms with Crippen LogP contribution < -0.4 is 5.32 Å². The van der Waals surface area contributed by atoms with Gasteiger partial charge in [0.05, 0.1) is 5.60 Å². The highest BCUT2D eigenvalue weighted by atomic mass is 32.2. The Hall–Kier alpha value is -0.510. The van der Waals surface area contributed by atoms with Crippen molar-refractivity contribution in [3.63, 3.8) is 0 Å². The first-order valence-electron chi connectivity index (χ1n) is 5.75. The molecule has 0 spiro atoms. The normalized spacial score (nSPS) is 20.1. The quantitative estimate of drug-likeness (QED) is 0.819. The first kappa shape index (κ1) is 12.0. The van der Waals surface area contributed by atoms with Crippen molar-refractivity contribution in [2.75, 3.05) is 24.6 Å². The van der Waals surface area contributed by atoms with Crippen LogP contribution in [-0.4, -0.2) is 29.7 Å². The molecule has 0 aromatic heterocycles. The standard InChI is InChI=1S/C13H19NOS/c1-13(15,12-5-3-2-4-6-12)10-16-9-11-7-14-8-11/h2-6,11,14-15H,7-10H2,1H3. The molecule has 3 heteroatoms. The van der Waals surface area contributed by atoms with E-state index in [0.29, 0.717) is 0 Å². The number of nitrogens with one attached hydrogen (secondary N) is 1. The number of aliphatic hydroxyl groups is 1. The SMILES string of the molecule is CC(O)(CSCC1CNC1)c1ccccc1. The molecule has 1 aliphatic rings. The van der Waals surface area contributed by atoms with Crippen molar-refractivity contribution < 1.29 is 5.11 Å². The second-order valence-electron chi connectivity index (χ2n) is 4.68. The monoisotopic (exact) mass is 237 g/mol. The molecule has 2 nitrogen and oxygen atoms in total. The highest BCUT2D eigenvalue weighted by Crippen LogP contribution is 2.26. The number of rotatable bonds is 5. The molecule has 1 unspecified atom stereocenters. The molecular weight excluding hydrogens is 218 g/mol. The van der Waals surface area contributed by atoms with Crippen LogP contribution in [0.25, 0.3) is 0 Å². The van der Waals surface area contributed by atoms with Gasteiger partial charge >= 0.3 is 0 Å². The summed E-state index contributed by atoms with van der Waals surface area (Å²) >= 11 is 1.85. The summed E-state index contributed by atoms with van der Waals surface area (Å²) in [6.07, 6.45) is 0. The molecule has 0 radical (unpaired) electrons. The van der Waals surface area contributed by atoms with Gasteiger partial charge in [-0.2, -0.15) is 11.8 Å². The van der Waals surface area contributed by atoms with Crippen molar-refractivity contribution in [1.29, 1.82) is 0 Å². The van der Waals surface area contributed by atoms with Gasteiger partial charge in [-0.1, -0.05) is 30.3 Å². The third-order valence-corrected chi connectivity index (χ3v) is 4.47. The predicted octanol–water partition coefficient (Wildman–Crippen LogP) is 1.85. The molecule has 16 heavy (non-hydrogen) atoms. The van der Waals surface area contributed by atoms with Crippen molar-refractivity contribution in [2.24, 2.45) is 5.92 Å². The summed E-state index contributed by atoms with van der Waals surface area (Å²) in [5, 5.41) is 13.6. The highest BCUT2D eigenvalue weighted by molar-refractivity contribution is 7.99. The van der Waals surface area contributed by atoms with Crippen LogP contribution >= 0.6 is 11.8 Å². The first-order valence-corrected chi connectivity index (χ1v) is 6.90. The second kappa shape index (κ2) is 5.21. The van der Waals surface area contributed by atoms with E-state index in [0.717, 1.165) is 36.1 Å². The molecule has 1 aromatic carbocycles. The Morgan fingerprint density at radius 2 is 2.06 bits per heavy atom. The molecule has 0 aliphatic carbocycles. The average Bonchev–Trinajstić information content (AvgIpc) is 2.23. The van der Waals surface area contributed by atoms with E-state index in [-0.39, 0.29) is 0 Å². The number of hydrogen-bond donors (Lipinski definition) is 2. The van der Waals surface area contributed by atoms with E-state index in [1.165, 1.54) is 0 Å². The zero-order valence-corrected chi connectivity index (χ0v) is 10.5. The Morgan fingerprint density at radius 1 is 1.38 bits per heavy atom. The van der Waals surface area contributed by atoms with Crippen LogP contribution in [0.15, 0.2) is 30.3 Å². The lowest BCUT2D eigenvalue weighted by Crippen LogP contribution is -2.43. The summed E-state index contributed by atoms with van der Waals surface area (Å²) in [5.74, 6) is 2.72. The first-order chi connectivity index (χ1) is 7.68. The molecule has 1 aliphatic heterocycles. The summed E-state index contributed by atoms with van der Waals surface area (Å²) in [6.45, 7) is 4.18. The van der Waals surface area contributed by atoms with Gasteiger partial charge in [0.25, 0.3) is 0 Å². The Kier molecular flexibility index (Phi) is 3.90. The Bertz CT molecular complexity index is 322. The van der Waals surface area contributed by atoms with Gasteiger partial charge < -0.3 is 10.4 Å². The predicted molar refractivity (Wildman–Crippen MR) is 69.7 cm³/mol. The van der Waals surface area contributed by atoms with Crippen LogP contribution in [0.3, 0.4) is 0 Å². The smallest absolute Gasteiger partial charge is 0.0958 e. The van der Waals surface area contributed by atoms with E-state index in [4.69, 9.17) is 0 Å². The van der Waals surface area contributed by atoms with Gasteiger partial charge in [0.2, 0.25) is 0 Å². The number of thioether (sulfide) groups is 1. The van der Waals surface area contributed by atoms with Crippen LogP contribution in [0.1, 0.15) is 12.5 Å². The molecule has 0 bridgehead atoms. The van der Waals surface area contributed by atoms with Crippen molar-refractivity contribution in [3.8, 4) is 0 Å². The summed E-state index contributed by atoms with van der Waals surface area (Å²) in [7, 11) is 0. The van der Waals surface area contributed by atoms with Crippen LogP contribution in [-0.2, 0) is 5.60 Å². The molecule has 2 N–H and O–H groups in total. The Morgan fingerprint density at radius 3 is 2.62 bits per heavy atom. The minimum absolute atomic E-state index is 0.705. The van der Waals surface area contributed by atoms with Crippen molar-refractivity contribution in [1.82, 2.24) is 5.32 Å². The van der Waals surface area contributed by atoms with E-state index in [9.17, 15) is 5.11 Å². The van der Waals surface area contributed by atoms with E-state index in [1.54, 1.807) is 0 Å². The maximum Gasteiger partial charge on any atom is 0.0958 e. The molecule has 0 amide bonds. The van der Waals surface area contributed by atoms with Gasteiger partial charge in [-0.05, 0) is 37.2 Å². The van der Waals surface area contributed by atoms with Gasteiger partial charge in [0.15, 0.2) is 0 Å². The van der Waals surface area contributed by atoms with Gasteiger partial charge in [-0.15, -0.1) is 0 Å². The molecule has 1 heterocycles. The lowest BCUT2D eigenvalue weighted by molar-refractivity contribution is 0.0839. The van der Waals surface area contributed by atoms with E-state index in [2.05, 4.69) is 5.32 Å². The van der Waals surface area contributed by atoms with Gasteiger partial charge in [0.1, 0.15) is 0 Å². The van der Waals surface area contributed by atoms with E-state index < -0.39 is 5.60 Å². The molecule has 2 rings (SSSR count). The van der Waals surface area contributed by atoms with Gasteiger partial charge in [-0.3, -0.25) is 0 Å². The van der Waals surface area contributed by atoms with Crippen molar-refractivity contribution >= 4 is 11.8 Å². The molecule has 1 atom stereocenters. The Labute approximate surface area is 101 Å². The second-order valence-corrected chi connectivity index (χ2v) is 5.71. The third kappa shape index (κ3) is 3.00. The van der Waals surface area contributed by atoms with Crippen LogP contribution in [0.5, 0.6) is 0 Å². The van der Waals surface area contributed by atoms with Gasteiger partial charge in [-0.25, -0.2) is 0 Å². The fraction of sp³-hybridized carbons (Fsp3) is 0.538. The maximum absolute atomic E-state index is 10.4. The fourth-order valence-electron chi connectivity index (χ4n) is 1.77. The zero-order valence-electron chi connectivity index (χ0n) is 9.65. The molecular formula is C13H19NOS. The average molecular weight is 237 g/mol. The lowest BCUT2D eigenvalue weighted by atomic mass is 9.99. The largest absolute Gasteiger partial charge is 0.385 e. The van der Waals surface area contributed by atoms with Crippen LogP contribution in [0, 0.1) is 5.92 Å². The molecule has 1 aromatic rings.